The van der Waals surface area contributed by atoms with Crippen LogP contribution in [0.25, 0.3) is 10.9 Å². The molecule has 156 valence electrons. The Morgan fingerprint density at radius 1 is 1.07 bits per heavy atom. The summed E-state index contributed by atoms with van der Waals surface area (Å²) in [6, 6.07) is 11.9. The third kappa shape index (κ3) is 3.53. The molecule has 1 amide bonds. The fourth-order valence-corrected chi connectivity index (χ4v) is 3.93. The average molecular weight is 416 g/mol. The number of amides is 1. The first-order chi connectivity index (χ1) is 14.3. The van der Waals surface area contributed by atoms with Crippen LogP contribution in [0.5, 0.6) is 0 Å². The number of alkyl halides is 3. The lowest BCUT2D eigenvalue weighted by atomic mass is 10.0. The Kier molecular flexibility index (Phi) is 5.01. The molecule has 4 rings (SSSR count). The molecule has 1 aliphatic heterocycles. The second kappa shape index (κ2) is 7.51. The van der Waals surface area contributed by atoms with E-state index in [0.717, 1.165) is 34.3 Å². The fourth-order valence-electron chi connectivity index (χ4n) is 3.93. The molecular formula is C22H19F3N2O3. The monoisotopic (exact) mass is 416 g/mol. The highest BCUT2D eigenvalue weighted by molar-refractivity contribution is 5.95. The van der Waals surface area contributed by atoms with Gasteiger partial charge in [-0.1, -0.05) is 18.2 Å². The summed E-state index contributed by atoms with van der Waals surface area (Å²) in [6.45, 7) is 0.731. The third-order valence-corrected chi connectivity index (χ3v) is 5.43. The SMILES string of the molecule is COC(=O)Cn1c2c(c3ccccc31)CCN(C(=O)c1ccc(C(F)(F)F)cc1)C2. The van der Waals surface area contributed by atoms with Crippen LogP contribution >= 0.6 is 0 Å². The van der Waals surface area contributed by atoms with Crippen molar-refractivity contribution in [2.75, 3.05) is 13.7 Å². The van der Waals surface area contributed by atoms with E-state index < -0.39 is 17.7 Å². The summed E-state index contributed by atoms with van der Waals surface area (Å²) in [7, 11) is 1.32. The van der Waals surface area contributed by atoms with Crippen LogP contribution in [0.1, 0.15) is 27.2 Å². The van der Waals surface area contributed by atoms with E-state index in [1.54, 1.807) is 4.90 Å². The Morgan fingerprint density at radius 3 is 2.43 bits per heavy atom. The summed E-state index contributed by atoms with van der Waals surface area (Å²) < 4.78 is 45.0. The van der Waals surface area contributed by atoms with E-state index in [2.05, 4.69) is 0 Å². The van der Waals surface area contributed by atoms with Gasteiger partial charge in [0.05, 0.1) is 19.2 Å². The molecule has 3 aromatic rings. The van der Waals surface area contributed by atoms with Gasteiger partial charge in [0.2, 0.25) is 0 Å². The number of fused-ring (bicyclic) bond motifs is 3. The summed E-state index contributed by atoms with van der Waals surface area (Å²) in [5.74, 6) is -0.742. The highest BCUT2D eigenvalue weighted by Gasteiger charge is 2.31. The summed E-state index contributed by atoms with van der Waals surface area (Å²) in [5.41, 5.74) is 2.20. The molecule has 30 heavy (non-hydrogen) atoms. The van der Waals surface area contributed by atoms with Crippen LogP contribution in [-0.4, -0.2) is 35.0 Å². The van der Waals surface area contributed by atoms with Crippen LogP contribution in [0.15, 0.2) is 48.5 Å². The number of esters is 1. The van der Waals surface area contributed by atoms with Crippen molar-refractivity contribution < 1.29 is 27.5 Å². The normalized spacial score (nSPS) is 13.9. The van der Waals surface area contributed by atoms with E-state index >= 15 is 0 Å². The van der Waals surface area contributed by atoms with Gasteiger partial charge in [0.25, 0.3) is 5.91 Å². The quantitative estimate of drug-likeness (QED) is 0.606. The molecule has 5 nitrogen and oxygen atoms in total. The van der Waals surface area contributed by atoms with E-state index in [9.17, 15) is 22.8 Å². The number of ether oxygens (including phenoxy) is 1. The van der Waals surface area contributed by atoms with Crippen molar-refractivity contribution in [2.24, 2.45) is 0 Å². The fraction of sp³-hybridized carbons (Fsp3) is 0.273. The van der Waals surface area contributed by atoms with Gasteiger partial charge in [-0.15, -0.1) is 0 Å². The second-order valence-corrected chi connectivity index (χ2v) is 7.16. The van der Waals surface area contributed by atoms with Crippen molar-refractivity contribution in [3.63, 3.8) is 0 Å². The molecule has 0 unspecified atom stereocenters. The Hall–Kier alpha value is -3.29. The number of carbonyl (C=O) groups excluding carboxylic acids is 2. The number of methoxy groups -OCH3 is 1. The molecule has 1 aliphatic rings. The Bertz CT molecular complexity index is 1120. The molecule has 0 N–H and O–H groups in total. The maximum Gasteiger partial charge on any atom is 0.416 e. The standard InChI is InChI=1S/C22H19F3N2O3/c1-30-20(28)13-27-18-5-3-2-4-16(18)17-10-11-26(12-19(17)27)21(29)14-6-8-15(9-7-14)22(23,24)25/h2-9H,10-13H2,1H3. The molecule has 0 aliphatic carbocycles. The number of aromatic nitrogens is 1. The minimum atomic E-state index is -4.45. The van der Waals surface area contributed by atoms with Crippen molar-refractivity contribution in [1.82, 2.24) is 9.47 Å². The number of benzene rings is 2. The molecule has 0 radical (unpaired) electrons. The van der Waals surface area contributed by atoms with Gasteiger partial charge in [0, 0.05) is 28.7 Å². The van der Waals surface area contributed by atoms with E-state index in [-0.39, 0.29) is 24.6 Å². The lowest BCUT2D eigenvalue weighted by Crippen LogP contribution is -2.37. The Labute approximate surface area is 170 Å². The topological polar surface area (TPSA) is 51.5 Å². The van der Waals surface area contributed by atoms with Crippen molar-refractivity contribution in [1.29, 1.82) is 0 Å². The first-order valence-electron chi connectivity index (χ1n) is 9.42. The van der Waals surface area contributed by atoms with Gasteiger partial charge < -0.3 is 14.2 Å². The summed E-state index contributed by atoms with van der Waals surface area (Å²) >= 11 is 0. The third-order valence-electron chi connectivity index (χ3n) is 5.43. The van der Waals surface area contributed by atoms with Crippen molar-refractivity contribution in [2.45, 2.75) is 25.7 Å². The number of rotatable bonds is 3. The zero-order valence-corrected chi connectivity index (χ0v) is 16.2. The molecule has 2 aromatic carbocycles. The predicted molar refractivity (Wildman–Crippen MR) is 104 cm³/mol. The first kappa shape index (κ1) is 20.0. The first-order valence-corrected chi connectivity index (χ1v) is 9.42. The Morgan fingerprint density at radius 2 is 1.77 bits per heavy atom. The summed E-state index contributed by atoms with van der Waals surface area (Å²) in [5, 5.41) is 1.03. The van der Waals surface area contributed by atoms with Crippen LogP contribution in [-0.2, 0) is 35.2 Å². The lowest BCUT2D eigenvalue weighted by Gasteiger charge is -2.28. The smallest absolute Gasteiger partial charge is 0.416 e. The van der Waals surface area contributed by atoms with E-state index in [1.807, 2.05) is 28.8 Å². The predicted octanol–water partition coefficient (Wildman–Crippen LogP) is 4.03. The lowest BCUT2D eigenvalue weighted by molar-refractivity contribution is -0.141. The number of nitrogens with zero attached hydrogens (tertiary/aromatic N) is 2. The van der Waals surface area contributed by atoms with Crippen LogP contribution < -0.4 is 0 Å². The minimum Gasteiger partial charge on any atom is -0.468 e. The van der Waals surface area contributed by atoms with Gasteiger partial charge in [-0.3, -0.25) is 9.59 Å². The maximum absolute atomic E-state index is 12.9. The van der Waals surface area contributed by atoms with Gasteiger partial charge >= 0.3 is 12.1 Å². The largest absolute Gasteiger partial charge is 0.468 e. The molecule has 1 aromatic heterocycles. The number of carbonyl (C=O) groups is 2. The number of para-hydroxylation sites is 1. The molecule has 0 spiro atoms. The van der Waals surface area contributed by atoms with Crippen molar-refractivity contribution >= 4 is 22.8 Å². The van der Waals surface area contributed by atoms with E-state index in [0.29, 0.717) is 13.0 Å². The van der Waals surface area contributed by atoms with Crippen LogP contribution in [0, 0.1) is 0 Å². The molecule has 0 atom stereocenters. The molecule has 0 fully saturated rings. The van der Waals surface area contributed by atoms with Gasteiger partial charge in [0.1, 0.15) is 6.54 Å². The number of halogens is 3. The maximum atomic E-state index is 12.9. The Balaban J connectivity index is 1.66. The van der Waals surface area contributed by atoms with E-state index in [4.69, 9.17) is 4.74 Å². The average Bonchev–Trinajstić information content (AvgIpc) is 3.05. The zero-order valence-electron chi connectivity index (χ0n) is 16.2. The molecule has 0 saturated carbocycles. The minimum absolute atomic E-state index is 0.0225. The van der Waals surface area contributed by atoms with Gasteiger partial charge in [-0.25, -0.2) is 0 Å². The molecule has 2 heterocycles. The summed E-state index contributed by atoms with van der Waals surface area (Å²) in [6.07, 6.45) is -3.85. The number of hydrogen-bond donors (Lipinski definition) is 0. The van der Waals surface area contributed by atoms with Gasteiger partial charge in [0.15, 0.2) is 0 Å². The molecule has 8 heteroatoms. The highest BCUT2D eigenvalue weighted by atomic mass is 19.4. The van der Waals surface area contributed by atoms with Gasteiger partial charge in [-0.05, 0) is 42.3 Å². The molecule has 0 saturated heterocycles. The molecular weight excluding hydrogens is 397 g/mol. The van der Waals surface area contributed by atoms with Crippen LogP contribution in [0.4, 0.5) is 13.2 Å². The summed E-state index contributed by atoms with van der Waals surface area (Å²) in [4.78, 5) is 26.5. The van der Waals surface area contributed by atoms with E-state index in [1.165, 1.54) is 19.2 Å². The van der Waals surface area contributed by atoms with Crippen molar-refractivity contribution in [3.8, 4) is 0 Å². The van der Waals surface area contributed by atoms with Crippen LogP contribution in [0.3, 0.4) is 0 Å². The molecule has 0 bridgehead atoms. The second-order valence-electron chi connectivity index (χ2n) is 7.16. The zero-order chi connectivity index (χ0) is 21.5. The highest BCUT2D eigenvalue weighted by Crippen LogP contribution is 2.32. The van der Waals surface area contributed by atoms with Crippen LogP contribution in [0.2, 0.25) is 0 Å². The number of hydrogen-bond acceptors (Lipinski definition) is 3. The van der Waals surface area contributed by atoms with Gasteiger partial charge in [-0.2, -0.15) is 13.2 Å². The van der Waals surface area contributed by atoms with Crippen molar-refractivity contribution in [3.05, 3.63) is 70.9 Å².